The van der Waals surface area contributed by atoms with Crippen LogP contribution in [0.25, 0.3) is 0 Å². The SMILES string of the molecule is CCc1cnc(C)c(CC)n1. The maximum absolute atomic E-state index is 4.45. The molecule has 0 unspecified atom stereocenters. The first kappa shape index (κ1) is 8.18. The Bertz CT molecular complexity index is 243. The van der Waals surface area contributed by atoms with Crippen molar-refractivity contribution in [2.45, 2.75) is 33.6 Å². The fourth-order valence-corrected chi connectivity index (χ4v) is 1.03. The molecule has 11 heavy (non-hydrogen) atoms. The second-order valence-corrected chi connectivity index (χ2v) is 2.60. The van der Waals surface area contributed by atoms with E-state index in [0.29, 0.717) is 0 Å². The fraction of sp³-hybridized carbons (Fsp3) is 0.556. The molecule has 0 radical (unpaired) electrons. The highest BCUT2D eigenvalue weighted by Crippen LogP contribution is 2.03. The minimum absolute atomic E-state index is 0.972. The molecule has 0 spiro atoms. The maximum Gasteiger partial charge on any atom is 0.0616 e. The molecule has 0 atom stereocenters. The molecule has 1 heterocycles. The fourth-order valence-electron chi connectivity index (χ4n) is 1.03. The number of aryl methyl sites for hydroxylation is 3. The van der Waals surface area contributed by atoms with Crippen molar-refractivity contribution in [2.24, 2.45) is 0 Å². The third-order valence-corrected chi connectivity index (χ3v) is 1.80. The highest BCUT2D eigenvalue weighted by Gasteiger charge is 1.98. The van der Waals surface area contributed by atoms with Gasteiger partial charge in [0.15, 0.2) is 0 Å². The minimum atomic E-state index is 0.972. The van der Waals surface area contributed by atoms with E-state index >= 15 is 0 Å². The van der Waals surface area contributed by atoms with E-state index < -0.39 is 0 Å². The molecule has 0 amide bonds. The lowest BCUT2D eigenvalue weighted by atomic mass is 10.2. The van der Waals surface area contributed by atoms with Crippen LogP contribution in [0.3, 0.4) is 0 Å². The Hall–Kier alpha value is -0.920. The van der Waals surface area contributed by atoms with Crippen LogP contribution >= 0.6 is 0 Å². The molecule has 0 bridgehead atoms. The van der Waals surface area contributed by atoms with Crippen molar-refractivity contribution in [2.75, 3.05) is 0 Å². The van der Waals surface area contributed by atoms with E-state index in [2.05, 4.69) is 23.8 Å². The molecule has 0 aliphatic heterocycles. The monoisotopic (exact) mass is 150 g/mol. The molecule has 1 rings (SSSR count). The van der Waals surface area contributed by atoms with E-state index in [9.17, 15) is 0 Å². The van der Waals surface area contributed by atoms with Gasteiger partial charge in [-0.15, -0.1) is 0 Å². The summed E-state index contributed by atoms with van der Waals surface area (Å²) in [5, 5.41) is 0. The second-order valence-electron chi connectivity index (χ2n) is 2.60. The lowest BCUT2D eigenvalue weighted by Gasteiger charge is -2.02. The molecular formula is C9H14N2. The number of hydrogen-bond acceptors (Lipinski definition) is 2. The molecule has 0 saturated carbocycles. The summed E-state index contributed by atoms with van der Waals surface area (Å²) in [4.78, 5) is 8.70. The summed E-state index contributed by atoms with van der Waals surface area (Å²) < 4.78 is 0. The lowest BCUT2D eigenvalue weighted by molar-refractivity contribution is 0.894. The summed E-state index contributed by atoms with van der Waals surface area (Å²) in [7, 11) is 0. The van der Waals surface area contributed by atoms with Gasteiger partial charge in [0.25, 0.3) is 0 Å². The number of nitrogens with zero attached hydrogens (tertiary/aromatic N) is 2. The summed E-state index contributed by atoms with van der Waals surface area (Å²) in [5.41, 5.74) is 3.28. The maximum atomic E-state index is 4.45. The Balaban J connectivity index is 3.02. The van der Waals surface area contributed by atoms with Crippen molar-refractivity contribution in [3.05, 3.63) is 23.3 Å². The van der Waals surface area contributed by atoms with Gasteiger partial charge in [0.05, 0.1) is 17.1 Å². The predicted molar refractivity (Wildman–Crippen MR) is 45.5 cm³/mol. The molecule has 0 aromatic carbocycles. The van der Waals surface area contributed by atoms with Crippen LogP contribution in [0, 0.1) is 6.92 Å². The highest BCUT2D eigenvalue weighted by atomic mass is 14.8. The Morgan fingerprint density at radius 1 is 1.27 bits per heavy atom. The molecule has 0 N–H and O–H groups in total. The van der Waals surface area contributed by atoms with Crippen LogP contribution in [-0.4, -0.2) is 9.97 Å². The van der Waals surface area contributed by atoms with Crippen LogP contribution in [0.1, 0.15) is 30.9 Å². The van der Waals surface area contributed by atoms with Gasteiger partial charge in [-0.3, -0.25) is 9.97 Å². The van der Waals surface area contributed by atoms with Crippen molar-refractivity contribution in [3.8, 4) is 0 Å². The first-order chi connectivity index (χ1) is 5.27. The molecule has 1 aromatic rings. The van der Waals surface area contributed by atoms with Gasteiger partial charge in [0.2, 0.25) is 0 Å². The van der Waals surface area contributed by atoms with E-state index in [1.54, 1.807) is 0 Å². The first-order valence-corrected chi connectivity index (χ1v) is 4.09. The third kappa shape index (κ3) is 1.76. The molecule has 0 aliphatic carbocycles. The number of rotatable bonds is 2. The van der Waals surface area contributed by atoms with E-state index in [1.807, 2.05) is 13.1 Å². The van der Waals surface area contributed by atoms with Gasteiger partial charge in [-0.2, -0.15) is 0 Å². The zero-order chi connectivity index (χ0) is 8.27. The predicted octanol–water partition coefficient (Wildman–Crippen LogP) is 1.91. The quantitative estimate of drug-likeness (QED) is 0.643. The summed E-state index contributed by atoms with van der Waals surface area (Å²) in [6, 6.07) is 0. The van der Waals surface area contributed by atoms with Gasteiger partial charge in [-0.25, -0.2) is 0 Å². The largest absolute Gasteiger partial charge is 0.258 e. The van der Waals surface area contributed by atoms with Crippen molar-refractivity contribution in [1.29, 1.82) is 0 Å². The van der Waals surface area contributed by atoms with Gasteiger partial charge in [0.1, 0.15) is 0 Å². The van der Waals surface area contributed by atoms with Gasteiger partial charge < -0.3 is 0 Å². The summed E-state index contributed by atoms with van der Waals surface area (Å²) in [5.74, 6) is 0. The Morgan fingerprint density at radius 3 is 2.55 bits per heavy atom. The third-order valence-electron chi connectivity index (χ3n) is 1.80. The van der Waals surface area contributed by atoms with Crippen LogP contribution < -0.4 is 0 Å². The van der Waals surface area contributed by atoms with Gasteiger partial charge >= 0.3 is 0 Å². The van der Waals surface area contributed by atoms with Crippen molar-refractivity contribution in [1.82, 2.24) is 9.97 Å². The Morgan fingerprint density at radius 2 is 2.00 bits per heavy atom. The molecular weight excluding hydrogens is 136 g/mol. The average molecular weight is 150 g/mol. The van der Waals surface area contributed by atoms with E-state index in [4.69, 9.17) is 0 Å². The van der Waals surface area contributed by atoms with Crippen molar-refractivity contribution in [3.63, 3.8) is 0 Å². The number of hydrogen-bond donors (Lipinski definition) is 0. The second kappa shape index (κ2) is 3.46. The van der Waals surface area contributed by atoms with Gasteiger partial charge in [0, 0.05) is 6.20 Å². The summed E-state index contributed by atoms with van der Waals surface area (Å²) >= 11 is 0. The zero-order valence-corrected chi connectivity index (χ0v) is 7.39. The van der Waals surface area contributed by atoms with Crippen LogP contribution in [0.5, 0.6) is 0 Å². The van der Waals surface area contributed by atoms with Gasteiger partial charge in [-0.05, 0) is 19.8 Å². The highest BCUT2D eigenvalue weighted by molar-refractivity contribution is 5.12. The molecule has 1 aromatic heterocycles. The normalized spacial score (nSPS) is 10.1. The van der Waals surface area contributed by atoms with Crippen molar-refractivity contribution >= 4 is 0 Å². The molecule has 0 fully saturated rings. The van der Waals surface area contributed by atoms with Crippen LogP contribution in [-0.2, 0) is 12.8 Å². The molecule has 2 nitrogen and oxygen atoms in total. The topological polar surface area (TPSA) is 25.8 Å². The van der Waals surface area contributed by atoms with Crippen molar-refractivity contribution < 1.29 is 0 Å². The van der Waals surface area contributed by atoms with Crippen LogP contribution in [0.2, 0.25) is 0 Å². The standard InChI is InChI=1S/C9H14N2/c1-4-8-6-10-7(3)9(5-2)11-8/h6H,4-5H2,1-3H3. The van der Waals surface area contributed by atoms with E-state index in [0.717, 1.165) is 29.9 Å². The smallest absolute Gasteiger partial charge is 0.0616 e. The summed E-state index contributed by atoms with van der Waals surface area (Å²) in [6.07, 6.45) is 3.81. The Kier molecular flexibility index (Phi) is 2.58. The molecule has 0 saturated heterocycles. The van der Waals surface area contributed by atoms with Gasteiger partial charge in [-0.1, -0.05) is 13.8 Å². The molecule has 60 valence electrons. The first-order valence-electron chi connectivity index (χ1n) is 4.09. The zero-order valence-electron chi connectivity index (χ0n) is 7.39. The minimum Gasteiger partial charge on any atom is -0.258 e. The lowest BCUT2D eigenvalue weighted by Crippen LogP contribution is -1.99. The van der Waals surface area contributed by atoms with Crippen LogP contribution in [0.4, 0.5) is 0 Å². The number of aromatic nitrogens is 2. The molecule has 2 heteroatoms. The van der Waals surface area contributed by atoms with Crippen LogP contribution in [0.15, 0.2) is 6.20 Å². The summed E-state index contributed by atoms with van der Waals surface area (Å²) in [6.45, 7) is 6.21. The van der Waals surface area contributed by atoms with E-state index in [1.165, 1.54) is 0 Å². The molecule has 0 aliphatic rings. The Labute approximate surface area is 67.7 Å². The van der Waals surface area contributed by atoms with E-state index in [-0.39, 0.29) is 0 Å². The average Bonchev–Trinajstić information content (AvgIpc) is 2.05.